The third-order valence-electron chi connectivity index (χ3n) is 0. The number of carboxylic acids is 1. The summed E-state index contributed by atoms with van der Waals surface area (Å²) >= 11 is 0. The molecule has 0 bridgehead atoms. The lowest BCUT2D eigenvalue weighted by Gasteiger charge is -1.59. The molecule has 0 amide bonds. The van der Waals surface area contributed by atoms with Gasteiger partial charge in [0, 0.05) is 8.35 Å². The second-order valence-electron chi connectivity index (χ2n) is 0.519. The van der Waals surface area contributed by atoms with Crippen LogP contribution >= 0.6 is 0 Å². The highest BCUT2D eigenvalue weighted by Gasteiger charge is 1.65. The molecule has 0 aliphatic carbocycles. The van der Waals surface area contributed by atoms with E-state index in [0.717, 1.165) is 6.92 Å². The maximum Gasteiger partial charge on any atom is 0.300 e. The van der Waals surface area contributed by atoms with Gasteiger partial charge in [0.25, 0.3) is 5.97 Å². The van der Waals surface area contributed by atoms with Crippen LogP contribution in [0.5, 0.6) is 0 Å². The number of carbonyl (C=O) groups is 1. The SMILES string of the molecule is CC(=O)O.[HH]. The van der Waals surface area contributed by atoms with E-state index in [0.29, 0.717) is 0 Å². The third-order valence-corrected chi connectivity index (χ3v) is 0. The first kappa shape index (κ1) is 3.47. The lowest BCUT2D eigenvalue weighted by atomic mass is 10.9. The molecular formula is C2H6O2. The van der Waals surface area contributed by atoms with Gasteiger partial charge in [0.1, 0.15) is 0 Å². The van der Waals surface area contributed by atoms with E-state index in [1.807, 2.05) is 0 Å². The van der Waals surface area contributed by atoms with Gasteiger partial charge in [-0.05, 0) is 0 Å². The van der Waals surface area contributed by atoms with Crippen LogP contribution in [0.25, 0.3) is 0 Å². The predicted molar refractivity (Wildman–Crippen MR) is 15.4 cm³/mol. The van der Waals surface area contributed by atoms with Crippen LogP contribution in [0, 0.1) is 0 Å². The van der Waals surface area contributed by atoms with Gasteiger partial charge in [-0.25, -0.2) is 0 Å². The molecule has 1 N–H and O–H groups in total. The zero-order valence-electron chi connectivity index (χ0n) is 2.36. The lowest BCUT2D eigenvalue weighted by molar-refractivity contribution is -0.134. The van der Waals surface area contributed by atoms with Gasteiger partial charge >= 0.3 is 0 Å². The first-order valence-corrected chi connectivity index (χ1v) is 0.928. The summed E-state index contributed by atoms with van der Waals surface area (Å²) in [7, 11) is 0. The van der Waals surface area contributed by atoms with Crippen molar-refractivity contribution in [3.8, 4) is 0 Å². The van der Waals surface area contributed by atoms with Crippen LogP contribution in [-0.4, -0.2) is 11.1 Å². The van der Waals surface area contributed by atoms with Crippen molar-refractivity contribution < 1.29 is 11.3 Å². The molecule has 0 atom stereocenters. The average molecular weight is 62.1 g/mol. The van der Waals surface area contributed by atoms with Crippen LogP contribution in [0.15, 0.2) is 0 Å². The Bertz CT molecular complexity index is 30.6. The minimum absolute atomic E-state index is 0. The molecule has 0 spiro atoms. The highest BCUT2D eigenvalue weighted by Crippen LogP contribution is 1.42. The smallest absolute Gasteiger partial charge is 0.300 e. The Kier molecular flexibility index (Phi) is 0.759. The maximum absolute atomic E-state index is 9.00. The van der Waals surface area contributed by atoms with Crippen LogP contribution in [0.4, 0.5) is 0 Å². The van der Waals surface area contributed by atoms with Crippen molar-refractivity contribution in [1.82, 2.24) is 0 Å². The highest BCUT2D eigenvalue weighted by atomic mass is 16.4. The average Bonchev–Trinajstić information content (AvgIpc) is 0.811. The molecule has 0 aromatic carbocycles. The zero-order chi connectivity index (χ0) is 3.58. The van der Waals surface area contributed by atoms with Crippen molar-refractivity contribution in [2.45, 2.75) is 6.92 Å². The summed E-state index contributed by atoms with van der Waals surface area (Å²) < 4.78 is 0. The Balaban J connectivity index is 0. The van der Waals surface area contributed by atoms with Gasteiger partial charge in [0.05, 0.1) is 0 Å². The molecule has 0 aromatic rings. The Morgan fingerprint density at radius 3 is 2.25 bits per heavy atom. The Morgan fingerprint density at radius 1 is 2.25 bits per heavy atom. The summed E-state index contributed by atoms with van der Waals surface area (Å²) in [6.07, 6.45) is 0. The summed E-state index contributed by atoms with van der Waals surface area (Å²) in [5, 5.41) is 7.42. The Labute approximate surface area is 25.5 Å². The van der Waals surface area contributed by atoms with Crippen molar-refractivity contribution in [2.24, 2.45) is 0 Å². The van der Waals surface area contributed by atoms with E-state index in [1.165, 1.54) is 0 Å². The summed E-state index contributed by atoms with van der Waals surface area (Å²) in [6.45, 7) is 1.08. The van der Waals surface area contributed by atoms with Crippen molar-refractivity contribution in [3.05, 3.63) is 0 Å². The highest BCUT2D eigenvalue weighted by molar-refractivity contribution is 5.62. The van der Waals surface area contributed by atoms with Crippen LogP contribution < -0.4 is 0 Å². The van der Waals surface area contributed by atoms with Gasteiger partial charge in [0.15, 0.2) is 0 Å². The molecule has 0 aliphatic rings. The van der Waals surface area contributed by atoms with E-state index < -0.39 is 5.97 Å². The van der Waals surface area contributed by atoms with E-state index in [1.54, 1.807) is 0 Å². The van der Waals surface area contributed by atoms with Crippen molar-refractivity contribution >= 4 is 5.97 Å². The lowest BCUT2D eigenvalue weighted by Crippen LogP contribution is -1.78. The largest absolute Gasteiger partial charge is 0.481 e. The molecule has 0 fully saturated rings. The third kappa shape index (κ3) is 1.16. The number of hydrogen-bond acceptors (Lipinski definition) is 1. The summed E-state index contributed by atoms with van der Waals surface area (Å²) in [6, 6.07) is 0. The normalized spacial score (nSPS) is 6.25. The molecule has 4 heavy (non-hydrogen) atoms. The van der Waals surface area contributed by atoms with E-state index >= 15 is 0 Å². The molecule has 0 unspecified atom stereocenters. The van der Waals surface area contributed by atoms with E-state index in [-0.39, 0.29) is 1.43 Å². The fourth-order valence-electron chi connectivity index (χ4n) is 0. The van der Waals surface area contributed by atoms with Crippen LogP contribution in [-0.2, 0) is 4.79 Å². The van der Waals surface area contributed by atoms with Gasteiger partial charge in [-0.2, -0.15) is 0 Å². The molecule has 26 valence electrons. The van der Waals surface area contributed by atoms with E-state index in [4.69, 9.17) is 9.90 Å². The summed E-state index contributed by atoms with van der Waals surface area (Å²) in [4.78, 5) is 9.00. The van der Waals surface area contributed by atoms with Crippen LogP contribution in [0.1, 0.15) is 8.35 Å². The van der Waals surface area contributed by atoms with Crippen molar-refractivity contribution in [3.63, 3.8) is 0 Å². The van der Waals surface area contributed by atoms with Gasteiger partial charge in [-0.15, -0.1) is 0 Å². The van der Waals surface area contributed by atoms with Gasteiger partial charge in [0.2, 0.25) is 0 Å². The number of aliphatic carboxylic acids is 1. The maximum atomic E-state index is 9.00. The molecule has 0 aliphatic heterocycles. The van der Waals surface area contributed by atoms with Crippen molar-refractivity contribution in [2.75, 3.05) is 0 Å². The quantitative estimate of drug-likeness (QED) is 0.439. The van der Waals surface area contributed by atoms with E-state index in [9.17, 15) is 0 Å². The summed E-state index contributed by atoms with van der Waals surface area (Å²) in [5.74, 6) is -0.833. The molecule has 0 aromatic heterocycles. The van der Waals surface area contributed by atoms with Gasteiger partial charge in [-0.3, -0.25) is 4.79 Å². The first-order chi connectivity index (χ1) is 1.73. The molecule has 0 saturated heterocycles. The van der Waals surface area contributed by atoms with Gasteiger partial charge in [-0.1, -0.05) is 0 Å². The standard InChI is InChI=1S/C2H4O2.H2/c1-2(3)4;/h1H3,(H,3,4);1H. The number of carboxylic acid groups (broad SMARTS) is 1. The van der Waals surface area contributed by atoms with Crippen LogP contribution in [0.3, 0.4) is 0 Å². The molecule has 0 rings (SSSR count). The first-order valence-electron chi connectivity index (χ1n) is 0.928. The molecule has 2 nitrogen and oxygen atoms in total. The topological polar surface area (TPSA) is 37.3 Å². The monoisotopic (exact) mass is 62.0 g/mol. The Morgan fingerprint density at radius 2 is 2.25 bits per heavy atom. The molecule has 0 saturated carbocycles. The van der Waals surface area contributed by atoms with Crippen molar-refractivity contribution in [1.29, 1.82) is 0 Å². The molecule has 2 heteroatoms. The molecule has 0 heterocycles. The Hall–Kier alpha value is -0.530. The fourth-order valence-corrected chi connectivity index (χ4v) is 0. The number of rotatable bonds is 0. The fraction of sp³-hybridized carbons (Fsp3) is 0.500. The number of hydrogen-bond donors (Lipinski definition) is 1. The molecule has 0 radical (unpaired) electrons. The summed E-state index contributed by atoms with van der Waals surface area (Å²) in [5.41, 5.74) is 0. The minimum atomic E-state index is -0.833. The van der Waals surface area contributed by atoms with E-state index in [2.05, 4.69) is 0 Å². The minimum Gasteiger partial charge on any atom is -0.481 e. The second kappa shape index (κ2) is 0.875. The second-order valence-corrected chi connectivity index (χ2v) is 0.519. The molecular weight excluding hydrogens is 56.0 g/mol. The zero-order valence-corrected chi connectivity index (χ0v) is 2.36. The van der Waals surface area contributed by atoms with Gasteiger partial charge < -0.3 is 5.11 Å². The van der Waals surface area contributed by atoms with Crippen LogP contribution in [0.2, 0.25) is 0 Å². The predicted octanol–water partition coefficient (Wildman–Crippen LogP) is 0.337.